The molecule has 0 aliphatic rings. The number of rotatable bonds is 6. The first-order valence-electron chi connectivity index (χ1n) is 7.09. The molecule has 2 N–H and O–H groups in total. The van der Waals surface area contributed by atoms with Gasteiger partial charge >= 0.3 is 0 Å². The van der Waals surface area contributed by atoms with Crippen LogP contribution >= 0.6 is 0 Å². The van der Waals surface area contributed by atoms with E-state index in [2.05, 4.69) is 5.32 Å². The fourth-order valence-corrected chi connectivity index (χ4v) is 2.14. The standard InChI is InChI=1S/C17H17F2NO4/c1-23-15-6-3-10(7-16(15)24-2)14(21)9-20-17(22)12-5-4-11(18)8-13(12)19/h3-8,14,21H,9H2,1-2H3,(H,20,22)/t14-/m0/s1. The fraction of sp³-hybridized carbons (Fsp3) is 0.235. The van der Waals surface area contributed by atoms with Crippen molar-refractivity contribution in [3.63, 3.8) is 0 Å². The fourth-order valence-electron chi connectivity index (χ4n) is 2.14. The normalized spacial score (nSPS) is 11.7. The Balaban J connectivity index is 2.04. The molecule has 0 saturated carbocycles. The lowest BCUT2D eigenvalue weighted by molar-refractivity contribution is 0.0912. The number of halogens is 2. The summed E-state index contributed by atoms with van der Waals surface area (Å²) in [5.74, 6) is -1.54. The van der Waals surface area contributed by atoms with Crippen LogP contribution in [-0.2, 0) is 0 Å². The van der Waals surface area contributed by atoms with Gasteiger partial charge in [0.15, 0.2) is 11.5 Å². The van der Waals surface area contributed by atoms with Crippen molar-refractivity contribution in [1.82, 2.24) is 5.32 Å². The number of benzene rings is 2. The molecule has 2 aromatic rings. The molecule has 0 heterocycles. The van der Waals surface area contributed by atoms with Gasteiger partial charge in [-0.25, -0.2) is 8.78 Å². The molecule has 0 aliphatic carbocycles. The van der Waals surface area contributed by atoms with Gasteiger partial charge in [-0.15, -0.1) is 0 Å². The first-order chi connectivity index (χ1) is 11.5. The number of nitrogens with one attached hydrogen (secondary N) is 1. The minimum Gasteiger partial charge on any atom is -0.493 e. The Labute approximate surface area is 137 Å². The number of amides is 1. The van der Waals surface area contributed by atoms with Gasteiger partial charge in [0.25, 0.3) is 5.91 Å². The largest absolute Gasteiger partial charge is 0.493 e. The maximum absolute atomic E-state index is 13.5. The molecule has 24 heavy (non-hydrogen) atoms. The summed E-state index contributed by atoms with van der Waals surface area (Å²) in [4.78, 5) is 11.9. The Morgan fingerprint density at radius 2 is 1.83 bits per heavy atom. The SMILES string of the molecule is COc1ccc([C@@H](O)CNC(=O)c2ccc(F)cc2F)cc1OC. The van der Waals surface area contributed by atoms with Gasteiger partial charge in [-0.05, 0) is 29.8 Å². The van der Waals surface area contributed by atoms with Crippen LogP contribution in [0.4, 0.5) is 8.78 Å². The topological polar surface area (TPSA) is 67.8 Å². The molecule has 7 heteroatoms. The summed E-state index contributed by atoms with van der Waals surface area (Å²) >= 11 is 0. The number of ether oxygens (including phenoxy) is 2. The second-order valence-electron chi connectivity index (χ2n) is 4.96. The van der Waals surface area contributed by atoms with Crippen molar-refractivity contribution in [2.45, 2.75) is 6.10 Å². The maximum Gasteiger partial charge on any atom is 0.254 e. The minimum absolute atomic E-state index is 0.148. The average molecular weight is 337 g/mol. The van der Waals surface area contributed by atoms with Gasteiger partial charge in [0, 0.05) is 12.6 Å². The molecule has 5 nitrogen and oxygen atoms in total. The third kappa shape index (κ3) is 3.99. The van der Waals surface area contributed by atoms with Gasteiger partial charge in [-0.2, -0.15) is 0 Å². The van der Waals surface area contributed by atoms with Gasteiger partial charge in [-0.3, -0.25) is 4.79 Å². The molecule has 0 saturated heterocycles. The zero-order chi connectivity index (χ0) is 17.7. The number of methoxy groups -OCH3 is 2. The van der Waals surface area contributed by atoms with E-state index in [9.17, 15) is 18.7 Å². The average Bonchev–Trinajstić information content (AvgIpc) is 2.58. The number of hydrogen-bond donors (Lipinski definition) is 2. The van der Waals surface area contributed by atoms with Crippen molar-refractivity contribution in [2.75, 3.05) is 20.8 Å². The highest BCUT2D eigenvalue weighted by Gasteiger charge is 2.16. The van der Waals surface area contributed by atoms with E-state index in [1.807, 2.05) is 0 Å². The van der Waals surface area contributed by atoms with Crippen LogP contribution in [0.25, 0.3) is 0 Å². The Kier molecular flexibility index (Phi) is 5.70. The molecule has 1 amide bonds. The van der Waals surface area contributed by atoms with Crippen molar-refractivity contribution in [3.05, 3.63) is 59.2 Å². The van der Waals surface area contributed by atoms with Crippen LogP contribution in [0.1, 0.15) is 22.0 Å². The number of carbonyl (C=O) groups excluding carboxylic acids is 1. The summed E-state index contributed by atoms with van der Waals surface area (Å²) in [6.45, 7) is -0.148. The highest BCUT2D eigenvalue weighted by Crippen LogP contribution is 2.29. The molecule has 1 atom stereocenters. The predicted molar refractivity (Wildman–Crippen MR) is 83.2 cm³/mol. The van der Waals surface area contributed by atoms with E-state index < -0.39 is 23.6 Å². The number of aliphatic hydroxyl groups is 1. The van der Waals surface area contributed by atoms with E-state index in [0.29, 0.717) is 23.1 Å². The van der Waals surface area contributed by atoms with E-state index >= 15 is 0 Å². The molecule has 0 unspecified atom stereocenters. The lowest BCUT2D eigenvalue weighted by atomic mass is 10.1. The van der Waals surface area contributed by atoms with E-state index in [1.165, 1.54) is 14.2 Å². The second-order valence-corrected chi connectivity index (χ2v) is 4.96. The van der Waals surface area contributed by atoms with Crippen LogP contribution < -0.4 is 14.8 Å². The molecule has 0 aromatic heterocycles. The smallest absolute Gasteiger partial charge is 0.254 e. The molecule has 128 valence electrons. The van der Waals surface area contributed by atoms with Crippen molar-refractivity contribution in [3.8, 4) is 11.5 Å². The summed E-state index contributed by atoms with van der Waals surface area (Å²) in [7, 11) is 2.96. The molecule has 0 radical (unpaired) electrons. The summed E-state index contributed by atoms with van der Waals surface area (Å²) in [6.07, 6.45) is -1.03. The molecule has 2 rings (SSSR count). The Bertz CT molecular complexity index is 737. The van der Waals surface area contributed by atoms with Crippen molar-refractivity contribution in [1.29, 1.82) is 0 Å². The van der Waals surface area contributed by atoms with E-state index in [1.54, 1.807) is 18.2 Å². The van der Waals surface area contributed by atoms with Gasteiger partial charge in [0.05, 0.1) is 25.9 Å². The molecule has 0 spiro atoms. The lowest BCUT2D eigenvalue weighted by Crippen LogP contribution is -2.29. The second kappa shape index (κ2) is 7.74. The van der Waals surface area contributed by atoms with Crippen molar-refractivity contribution >= 4 is 5.91 Å². The predicted octanol–water partition coefficient (Wildman–Crippen LogP) is 2.45. The van der Waals surface area contributed by atoms with Crippen LogP contribution in [0.2, 0.25) is 0 Å². The summed E-state index contributed by atoms with van der Waals surface area (Å²) in [5, 5.41) is 12.5. The summed E-state index contributed by atoms with van der Waals surface area (Å²) in [6, 6.07) is 7.48. The van der Waals surface area contributed by atoms with Crippen LogP contribution in [0.5, 0.6) is 11.5 Å². The van der Waals surface area contributed by atoms with Gasteiger partial charge in [0.2, 0.25) is 0 Å². The molecule has 0 fully saturated rings. The zero-order valence-corrected chi connectivity index (χ0v) is 13.2. The first-order valence-corrected chi connectivity index (χ1v) is 7.09. The van der Waals surface area contributed by atoms with Gasteiger partial charge < -0.3 is 19.9 Å². The van der Waals surface area contributed by atoms with Crippen LogP contribution in [0, 0.1) is 11.6 Å². The van der Waals surface area contributed by atoms with Gasteiger partial charge in [0.1, 0.15) is 11.6 Å². The molecular formula is C17H17F2NO4. The van der Waals surface area contributed by atoms with Crippen LogP contribution in [0.15, 0.2) is 36.4 Å². The lowest BCUT2D eigenvalue weighted by Gasteiger charge is -2.15. The highest BCUT2D eigenvalue weighted by molar-refractivity contribution is 5.94. The summed E-state index contributed by atoms with van der Waals surface area (Å²) < 4.78 is 36.6. The van der Waals surface area contributed by atoms with E-state index in [0.717, 1.165) is 12.1 Å². The van der Waals surface area contributed by atoms with E-state index in [4.69, 9.17) is 9.47 Å². The van der Waals surface area contributed by atoms with Crippen molar-refractivity contribution in [2.24, 2.45) is 0 Å². The van der Waals surface area contributed by atoms with Crippen LogP contribution in [0.3, 0.4) is 0 Å². The third-order valence-corrected chi connectivity index (χ3v) is 3.42. The molecular weight excluding hydrogens is 320 g/mol. The third-order valence-electron chi connectivity index (χ3n) is 3.42. The first kappa shape index (κ1) is 17.7. The van der Waals surface area contributed by atoms with E-state index in [-0.39, 0.29) is 12.1 Å². The Hall–Kier alpha value is -2.67. The molecule has 0 bridgehead atoms. The quantitative estimate of drug-likeness (QED) is 0.850. The zero-order valence-electron chi connectivity index (χ0n) is 13.2. The number of carbonyl (C=O) groups is 1. The molecule has 0 aliphatic heterocycles. The Morgan fingerprint density at radius 3 is 2.46 bits per heavy atom. The number of aliphatic hydroxyl groups excluding tert-OH is 1. The Morgan fingerprint density at radius 1 is 1.12 bits per heavy atom. The summed E-state index contributed by atoms with van der Waals surface area (Å²) in [5.41, 5.74) is 0.198. The highest BCUT2D eigenvalue weighted by atomic mass is 19.1. The molecule has 2 aromatic carbocycles. The number of hydrogen-bond acceptors (Lipinski definition) is 4. The monoisotopic (exact) mass is 337 g/mol. The van der Waals surface area contributed by atoms with Crippen LogP contribution in [-0.4, -0.2) is 31.8 Å². The van der Waals surface area contributed by atoms with Crippen molar-refractivity contribution < 1.29 is 28.2 Å². The van der Waals surface area contributed by atoms with Gasteiger partial charge in [-0.1, -0.05) is 6.07 Å². The maximum atomic E-state index is 13.5. The minimum atomic E-state index is -1.03.